The van der Waals surface area contributed by atoms with Gasteiger partial charge in [-0.05, 0) is 42.4 Å². The number of hydrogen-bond acceptors (Lipinski definition) is 0. The Kier molecular flexibility index (Phi) is 1.99. The molecule has 0 nitrogen and oxygen atoms in total. The first-order valence-electron chi connectivity index (χ1n) is 4.63. The van der Waals surface area contributed by atoms with Crippen LogP contribution in [0.4, 0.5) is 0 Å². The summed E-state index contributed by atoms with van der Waals surface area (Å²) in [5.41, 5.74) is 4.17. The Morgan fingerprint density at radius 2 is 1.83 bits per heavy atom. The van der Waals surface area contributed by atoms with Gasteiger partial charge >= 0.3 is 0 Å². The zero-order valence-electron chi connectivity index (χ0n) is 7.34. The molecule has 0 aliphatic heterocycles. The molecule has 0 spiro atoms. The second-order valence-electron chi connectivity index (χ2n) is 3.50. The summed E-state index contributed by atoms with van der Waals surface area (Å²) < 4.78 is 0. The molecule has 0 aromatic heterocycles. The van der Waals surface area contributed by atoms with Crippen LogP contribution in [0.2, 0.25) is 0 Å². The average Bonchev–Trinajstić information content (AvgIpc) is 2.25. The highest BCUT2D eigenvalue weighted by Crippen LogP contribution is 2.30. The van der Waals surface area contributed by atoms with Crippen molar-refractivity contribution in [1.82, 2.24) is 0 Å². The van der Waals surface area contributed by atoms with E-state index in [1.165, 1.54) is 36.8 Å². The Labute approximate surface area is 74.0 Å². The van der Waals surface area contributed by atoms with Gasteiger partial charge in [0.25, 0.3) is 0 Å². The van der Waals surface area contributed by atoms with Crippen LogP contribution >= 0.6 is 0 Å². The summed E-state index contributed by atoms with van der Waals surface area (Å²) in [6.07, 6.45) is 13.9. The number of hydrogen-bond donors (Lipinski definition) is 0. The molecular weight excluding hydrogens is 144 g/mol. The van der Waals surface area contributed by atoms with Gasteiger partial charge in [-0.25, -0.2) is 0 Å². The minimum atomic E-state index is 1.14. The minimum absolute atomic E-state index is 1.14. The predicted molar refractivity (Wildman–Crippen MR) is 52.9 cm³/mol. The molecular formula is C12H14. The summed E-state index contributed by atoms with van der Waals surface area (Å²) in [5, 5.41) is 0. The van der Waals surface area contributed by atoms with Gasteiger partial charge in [0.2, 0.25) is 0 Å². The van der Waals surface area contributed by atoms with E-state index in [0.717, 1.165) is 5.57 Å². The molecule has 62 valence electrons. The summed E-state index contributed by atoms with van der Waals surface area (Å²) in [7, 11) is 0. The van der Waals surface area contributed by atoms with Crippen LogP contribution in [0.15, 0.2) is 47.6 Å². The average molecular weight is 158 g/mol. The number of rotatable bonds is 0. The number of fused-ring (bicyclic) bond motifs is 1. The van der Waals surface area contributed by atoms with Gasteiger partial charge in [-0.15, -0.1) is 0 Å². The zero-order valence-corrected chi connectivity index (χ0v) is 7.34. The Morgan fingerprint density at radius 1 is 1.08 bits per heavy atom. The van der Waals surface area contributed by atoms with Crippen molar-refractivity contribution < 1.29 is 0 Å². The molecule has 0 heteroatoms. The van der Waals surface area contributed by atoms with Gasteiger partial charge in [-0.3, -0.25) is 0 Å². The zero-order chi connectivity index (χ0) is 8.39. The molecule has 12 heavy (non-hydrogen) atoms. The molecule has 0 amide bonds. The minimum Gasteiger partial charge on any atom is -0.0918 e. The maximum Gasteiger partial charge on any atom is -0.0276 e. The van der Waals surface area contributed by atoms with Crippen molar-refractivity contribution in [1.29, 1.82) is 0 Å². The lowest BCUT2D eigenvalue weighted by Crippen LogP contribution is -1.97. The van der Waals surface area contributed by atoms with Crippen molar-refractivity contribution in [3.05, 3.63) is 47.6 Å². The molecule has 0 radical (unpaired) electrons. The van der Waals surface area contributed by atoms with E-state index in [1.807, 2.05) is 0 Å². The molecule has 0 heterocycles. The molecule has 1 saturated carbocycles. The first-order chi connectivity index (χ1) is 5.86. The molecule has 0 bridgehead atoms. The molecule has 0 N–H and O–H groups in total. The monoisotopic (exact) mass is 158 g/mol. The topological polar surface area (TPSA) is 0 Å². The third-order valence-electron chi connectivity index (χ3n) is 2.52. The van der Waals surface area contributed by atoms with Crippen molar-refractivity contribution in [2.75, 3.05) is 0 Å². The largest absolute Gasteiger partial charge is 0.0918 e. The van der Waals surface area contributed by atoms with Gasteiger partial charge in [0, 0.05) is 0 Å². The lowest BCUT2D eigenvalue weighted by atomic mass is 9.89. The Balaban J connectivity index is 2.34. The highest BCUT2D eigenvalue weighted by atomic mass is 14.2. The summed E-state index contributed by atoms with van der Waals surface area (Å²) >= 11 is 0. The SMILES string of the molecule is C=C1C=CC=C2CCCCC2=C1. The summed E-state index contributed by atoms with van der Waals surface area (Å²) in [6, 6.07) is 0. The van der Waals surface area contributed by atoms with Crippen LogP contribution in [0, 0.1) is 0 Å². The molecule has 1 fully saturated rings. The highest BCUT2D eigenvalue weighted by molar-refractivity contribution is 5.46. The molecule has 0 atom stereocenters. The van der Waals surface area contributed by atoms with E-state index in [-0.39, 0.29) is 0 Å². The fourth-order valence-electron chi connectivity index (χ4n) is 1.87. The van der Waals surface area contributed by atoms with Gasteiger partial charge < -0.3 is 0 Å². The van der Waals surface area contributed by atoms with E-state index in [9.17, 15) is 0 Å². The fraction of sp³-hybridized carbons (Fsp3) is 0.333. The maximum absolute atomic E-state index is 3.97. The summed E-state index contributed by atoms with van der Waals surface area (Å²) in [5.74, 6) is 0. The molecule has 0 aromatic carbocycles. The van der Waals surface area contributed by atoms with E-state index in [0.29, 0.717) is 0 Å². The van der Waals surface area contributed by atoms with Crippen LogP contribution in [0.5, 0.6) is 0 Å². The van der Waals surface area contributed by atoms with Crippen LogP contribution in [0.1, 0.15) is 25.7 Å². The van der Waals surface area contributed by atoms with Gasteiger partial charge in [-0.1, -0.05) is 30.9 Å². The number of allylic oxidation sites excluding steroid dienone is 7. The second kappa shape index (κ2) is 3.14. The highest BCUT2D eigenvalue weighted by Gasteiger charge is 2.11. The Morgan fingerprint density at radius 3 is 2.67 bits per heavy atom. The Hall–Kier alpha value is -1.04. The van der Waals surface area contributed by atoms with Gasteiger partial charge in [-0.2, -0.15) is 0 Å². The van der Waals surface area contributed by atoms with Crippen molar-refractivity contribution in [3.63, 3.8) is 0 Å². The summed E-state index contributed by atoms with van der Waals surface area (Å²) in [4.78, 5) is 0. The van der Waals surface area contributed by atoms with Gasteiger partial charge in [0.05, 0.1) is 0 Å². The van der Waals surface area contributed by atoms with Gasteiger partial charge in [0.1, 0.15) is 0 Å². The molecule has 0 aromatic rings. The molecule has 2 rings (SSSR count). The van der Waals surface area contributed by atoms with Crippen LogP contribution in [0.3, 0.4) is 0 Å². The van der Waals surface area contributed by atoms with E-state index in [2.05, 4.69) is 30.9 Å². The first-order valence-corrected chi connectivity index (χ1v) is 4.63. The van der Waals surface area contributed by atoms with Crippen LogP contribution in [0.25, 0.3) is 0 Å². The Bertz CT molecular complexity index is 287. The third kappa shape index (κ3) is 1.42. The maximum atomic E-state index is 3.97. The van der Waals surface area contributed by atoms with E-state index >= 15 is 0 Å². The molecule has 0 saturated heterocycles. The third-order valence-corrected chi connectivity index (χ3v) is 2.52. The smallest absolute Gasteiger partial charge is 0.0276 e. The van der Waals surface area contributed by atoms with Crippen LogP contribution < -0.4 is 0 Å². The van der Waals surface area contributed by atoms with Crippen LogP contribution in [-0.4, -0.2) is 0 Å². The summed E-state index contributed by atoms with van der Waals surface area (Å²) in [6.45, 7) is 3.97. The second-order valence-corrected chi connectivity index (χ2v) is 3.50. The molecule has 2 aliphatic rings. The van der Waals surface area contributed by atoms with E-state index in [1.54, 1.807) is 0 Å². The van der Waals surface area contributed by atoms with Crippen molar-refractivity contribution in [2.45, 2.75) is 25.7 Å². The standard InChI is InChI=1S/C12H14/c1-10-5-4-8-11-6-2-3-7-12(11)9-10/h4-5,8-9H,1-3,6-7H2. The van der Waals surface area contributed by atoms with Crippen molar-refractivity contribution >= 4 is 0 Å². The first kappa shape index (κ1) is 7.60. The van der Waals surface area contributed by atoms with E-state index < -0.39 is 0 Å². The van der Waals surface area contributed by atoms with E-state index in [4.69, 9.17) is 0 Å². The quantitative estimate of drug-likeness (QED) is 0.506. The van der Waals surface area contributed by atoms with Gasteiger partial charge in [0.15, 0.2) is 0 Å². The molecule has 0 unspecified atom stereocenters. The van der Waals surface area contributed by atoms with Crippen LogP contribution in [-0.2, 0) is 0 Å². The fourth-order valence-corrected chi connectivity index (χ4v) is 1.87. The van der Waals surface area contributed by atoms with Crippen molar-refractivity contribution in [3.8, 4) is 0 Å². The lowest BCUT2D eigenvalue weighted by Gasteiger charge is -2.16. The lowest BCUT2D eigenvalue weighted by molar-refractivity contribution is 0.679. The molecule has 2 aliphatic carbocycles. The van der Waals surface area contributed by atoms with Crippen molar-refractivity contribution in [2.24, 2.45) is 0 Å². The predicted octanol–water partition coefficient (Wildman–Crippen LogP) is 3.54. The normalized spacial score (nSPS) is 22.5.